The largest absolute Gasteiger partial charge is 0.497 e. The van der Waals surface area contributed by atoms with Crippen molar-refractivity contribution >= 4 is 12.1 Å². The Morgan fingerprint density at radius 2 is 1.63 bits per heavy atom. The number of aromatic nitrogens is 2. The average Bonchev–Trinajstić information content (AvgIpc) is 3.24. The topological polar surface area (TPSA) is 68.5 Å². The molecule has 1 amide bonds. The van der Waals surface area contributed by atoms with Crippen LogP contribution in [-0.4, -0.2) is 29.0 Å². The molecular weight excluding hydrogens is 376 g/mol. The lowest BCUT2D eigenvalue weighted by atomic mass is 10.1. The first-order valence-corrected chi connectivity index (χ1v) is 9.42. The molecule has 148 valence electrons. The van der Waals surface area contributed by atoms with Gasteiger partial charge in [-0.3, -0.25) is 4.79 Å². The van der Waals surface area contributed by atoms with Gasteiger partial charge in [-0.25, -0.2) is 10.1 Å². The Balaban J connectivity index is 1.59. The van der Waals surface area contributed by atoms with Crippen molar-refractivity contribution in [2.24, 2.45) is 5.10 Å². The number of hydrazone groups is 1. The van der Waals surface area contributed by atoms with Crippen molar-refractivity contribution in [3.05, 3.63) is 102 Å². The SMILES string of the molecule is COc1ccc(C(=O)NN=Cc2cn(-c3ccccc3)nc2-c2ccccc2)cc1. The number of rotatable bonds is 6. The van der Waals surface area contributed by atoms with Gasteiger partial charge in [0.2, 0.25) is 0 Å². The molecule has 0 atom stereocenters. The first-order chi connectivity index (χ1) is 14.7. The van der Waals surface area contributed by atoms with Crippen LogP contribution in [0.3, 0.4) is 0 Å². The molecule has 0 radical (unpaired) electrons. The highest BCUT2D eigenvalue weighted by molar-refractivity contribution is 5.95. The summed E-state index contributed by atoms with van der Waals surface area (Å²) in [6.07, 6.45) is 3.50. The maximum absolute atomic E-state index is 12.3. The number of amides is 1. The molecule has 1 heterocycles. The fourth-order valence-electron chi connectivity index (χ4n) is 2.98. The van der Waals surface area contributed by atoms with Crippen LogP contribution in [0, 0.1) is 0 Å². The molecule has 0 aliphatic rings. The summed E-state index contributed by atoms with van der Waals surface area (Å²) < 4.78 is 6.91. The van der Waals surface area contributed by atoms with Gasteiger partial charge in [0.05, 0.1) is 19.0 Å². The summed E-state index contributed by atoms with van der Waals surface area (Å²) in [5, 5.41) is 8.87. The van der Waals surface area contributed by atoms with Gasteiger partial charge in [0.15, 0.2) is 0 Å². The van der Waals surface area contributed by atoms with Gasteiger partial charge in [0.25, 0.3) is 5.91 Å². The van der Waals surface area contributed by atoms with Gasteiger partial charge in [-0.2, -0.15) is 10.2 Å². The highest BCUT2D eigenvalue weighted by atomic mass is 16.5. The molecule has 0 bridgehead atoms. The van der Waals surface area contributed by atoms with Crippen molar-refractivity contribution in [1.82, 2.24) is 15.2 Å². The number of para-hydroxylation sites is 1. The lowest BCUT2D eigenvalue weighted by molar-refractivity contribution is 0.0955. The van der Waals surface area contributed by atoms with E-state index in [2.05, 4.69) is 10.5 Å². The minimum atomic E-state index is -0.300. The van der Waals surface area contributed by atoms with E-state index in [4.69, 9.17) is 9.84 Å². The van der Waals surface area contributed by atoms with E-state index in [0.717, 1.165) is 22.5 Å². The summed E-state index contributed by atoms with van der Waals surface area (Å²) in [6.45, 7) is 0. The maximum atomic E-state index is 12.3. The van der Waals surface area contributed by atoms with E-state index >= 15 is 0 Å². The van der Waals surface area contributed by atoms with Crippen LogP contribution in [0.1, 0.15) is 15.9 Å². The highest BCUT2D eigenvalue weighted by Gasteiger charge is 2.11. The second-order valence-corrected chi connectivity index (χ2v) is 6.51. The van der Waals surface area contributed by atoms with E-state index in [9.17, 15) is 4.79 Å². The normalized spacial score (nSPS) is 10.8. The smallest absolute Gasteiger partial charge is 0.271 e. The van der Waals surface area contributed by atoms with Crippen LogP contribution in [0.2, 0.25) is 0 Å². The van der Waals surface area contributed by atoms with Crippen molar-refractivity contribution in [1.29, 1.82) is 0 Å². The van der Waals surface area contributed by atoms with E-state index in [1.165, 1.54) is 0 Å². The van der Waals surface area contributed by atoms with Gasteiger partial charge >= 0.3 is 0 Å². The standard InChI is InChI=1S/C24H20N4O2/c1-30-22-14-12-19(13-15-22)24(29)26-25-16-20-17-28(21-10-6-3-7-11-21)27-23(20)18-8-4-2-5-9-18/h2-17H,1H3,(H,26,29). The molecular formula is C24H20N4O2. The number of hydrogen-bond donors (Lipinski definition) is 1. The van der Waals surface area contributed by atoms with Crippen LogP contribution in [0.5, 0.6) is 5.75 Å². The molecule has 0 saturated heterocycles. The molecule has 3 aromatic carbocycles. The number of hydrogen-bond acceptors (Lipinski definition) is 4. The third kappa shape index (κ3) is 4.28. The molecule has 0 saturated carbocycles. The lowest BCUT2D eigenvalue weighted by Crippen LogP contribution is -2.17. The number of benzene rings is 3. The predicted octanol–water partition coefficient (Wildman–Crippen LogP) is 4.31. The maximum Gasteiger partial charge on any atom is 0.271 e. The van der Waals surface area contributed by atoms with Crippen LogP contribution in [0.25, 0.3) is 16.9 Å². The van der Waals surface area contributed by atoms with Crippen molar-refractivity contribution in [3.63, 3.8) is 0 Å². The van der Waals surface area contributed by atoms with Crippen LogP contribution in [0.15, 0.2) is 96.2 Å². The number of carbonyl (C=O) groups is 1. The Bertz CT molecular complexity index is 1150. The molecule has 1 aromatic heterocycles. The summed E-state index contributed by atoms with van der Waals surface area (Å²) in [4.78, 5) is 12.3. The Hall–Kier alpha value is -4.19. The number of nitrogens with one attached hydrogen (secondary N) is 1. The Morgan fingerprint density at radius 3 is 2.30 bits per heavy atom. The fourth-order valence-corrected chi connectivity index (χ4v) is 2.98. The molecule has 0 unspecified atom stereocenters. The van der Waals surface area contributed by atoms with Gasteiger partial charge in [0, 0.05) is 22.9 Å². The van der Waals surface area contributed by atoms with Crippen molar-refractivity contribution < 1.29 is 9.53 Å². The van der Waals surface area contributed by atoms with Gasteiger partial charge in [0.1, 0.15) is 11.4 Å². The molecule has 4 aromatic rings. The Kier molecular flexibility index (Phi) is 5.66. The van der Waals surface area contributed by atoms with Crippen molar-refractivity contribution in [2.45, 2.75) is 0 Å². The summed E-state index contributed by atoms with van der Waals surface area (Å²) in [6, 6.07) is 26.5. The average molecular weight is 396 g/mol. The van der Waals surface area contributed by atoms with Gasteiger partial charge in [-0.05, 0) is 36.4 Å². The second kappa shape index (κ2) is 8.87. The molecule has 0 aliphatic heterocycles. The molecule has 4 rings (SSSR count). The summed E-state index contributed by atoms with van der Waals surface area (Å²) in [5.41, 5.74) is 6.54. The van der Waals surface area contributed by atoms with Crippen LogP contribution < -0.4 is 10.2 Å². The Labute approximate surface area is 174 Å². The summed E-state index contributed by atoms with van der Waals surface area (Å²) >= 11 is 0. The van der Waals surface area contributed by atoms with Crippen molar-refractivity contribution in [2.75, 3.05) is 7.11 Å². The highest BCUT2D eigenvalue weighted by Crippen LogP contribution is 2.22. The molecule has 0 spiro atoms. The van der Waals surface area contributed by atoms with Crippen LogP contribution in [-0.2, 0) is 0 Å². The third-order valence-corrected chi connectivity index (χ3v) is 4.53. The predicted molar refractivity (Wildman–Crippen MR) is 117 cm³/mol. The van der Waals surface area contributed by atoms with Crippen molar-refractivity contribution in [3.8, 4) is 22.7 Å². The summed E-state index contributed by atoms with van der Waals surface area (Å²) in [7, 11) is 1.58. The zero-order chi connectivity index (χ0) is 20.8. The lowest BCUT2D eigenvalue weighted by Gasteiger charge is -2.02. The number of ether oxygens (including phenoxy) is 1. The zero-order valence-corrected chi connectivity index (χ0v) is 16.4. The minimum Gasteiger partial charge on any atom is -0.497 e. The summed E-state index contributed by atoms with van der Waals surface area (Å²) in [5.74, 6) is 0.390. The number of carbonyl (C=O) groups excluding carboxylic acids is 1. The molecule has 0 aliphatic carbocycles. The van der Waals surface area contributed by atoms with E-state index < -0.39 is 0 Å². The van der Waals surface area contributed by atoms with E-state index in [1.807, 2.05) is 66.9 Å². The van der Waals surface area contributed by atoms with Gasteiger partial charge < -0.3 is 4.74 Å². The van der Waals surface area contributed by atoms with Gasteiger partial charge in [-0.1, -0.05) is 48.5 Å². The molecule has 0 fully saturated rings. The Morgan fingerprint density at radius 1 is 0.967 bits per heavy atom. The monoisotopic (exact) mass is 396 g/mol. The second-order valence-electron chi connectivity index (χ2n) is 6.51. The van der Waals surface area contributed by atoms with E-state index in [1.54, 1.807) is 42.3 Å². The first kappa shape index (κ1) is 19.1. The van der Waals surface area contributed by atoms with E-state index in [0.29, 0.717) is 11.3 Å². The molecule has 6 nitrogen and oxygen atoms in total. The van der Waals surface area contributed by atoms with Crippen LogP contribution >= 0.6 is 0 Å². The molecule has 1 N–H and O–H groups in total. The molecule has 6 heteroatoms. The fraction of sp³-hybridized carbons (Fsp3) is 0.0417. The van der Waals surface area contributed by atoms with Crippen LogP contribution in [0.4, 0.5) is 0 Å². The number of methoxy groups -OCH3 is 1. The first-order valence-electron chi connectivity index (χ1n) is 9.42. The third-order valence-electron chi connectivity index (χ3n) is 4.53. The van der Waals surface area contributed by atoms with Gasteiger partial charge in [-0.15, -0.1) is 0 Å². The van der Waals surface area contributed by atoms with E-state index in [-0.39, 0.29) is 5.91 Å². The zero-order valence-electron chi connectivity index (χ0n) is 16.4. The quantitative estimate of drug-likeness (QED) is 0.390. The number of nitrogens with zero attached hydrogens (tertiary/aromatic N) is 3. The molecule has 30 heavy (non-hydrogen) atoms. The minimum absolute atomic E-state index is 0.300.